The number of anilines is 1. The molecule has 2 aromatic carbocycles. The molecule has 0 bridgehead atoms. The number of sulfonamides is 1. The van der Waals surface area contributed by atoms with E-state index >= 15 is 0 Å². The maximum atomic E-state index is 13.9. The van der Waals surface area contributed by atoms with Crippen molar-refractivity contribution in [3.05, 3.63) is 71.0 Å². The number of nitrogens with zero attached hydrogens (tertiary/aromatic N) is 5. The smallest absolute Gasteiger partial charge is 0.435 e. The number of alkyl halides is 3. The third-order valence-corrected chi connectivity index (χ3v) is 7.11. The number of carbonyl (C=O) groups is 1. The van der Waals surface area contributed by atoms with E-state index in [4.69, 9.17) is 9.47 Å². The van der Waals surface area contributed by atoms with Crippen LogP contribution in [0.5, 0.6) is 5.75 Å². The molecule has 3 aromatic rings. The van der Waals surface area contributed by atoms with Crippen molar-refractivity contribution in [2.45, 2.75) is 12.6 Å². The molecule has 0 unspecified atom stereocenters. The lowest BCUT2D eigenvalue weighted by molar-refractivity contribution is -0.141. The summed E-state index contributed by atoms with van der Waals surface area (Å²) in [7, 11) is -2.24. The summed E-state index contributed by atoms with van der Waals surface area (Å²) in [6.07, 6.45) is -3.78. The summed E-state index contributed by atoms with van der Waals surface area (Å²) >= 11 is 0. The van der Waals surface area contributed by atoms with Gasteiger partial charge in [0.05, 0.1) is 32.3 Å². The quantitative estimate of drug-likeness (QED) is 0.339. The number of benzene rings is 2. The molecule has 40 heavy (non-hydrogen) atoms. The van der Waals surface area contributed by atoms with Gasteiger partial charge in [0.2, 0.25) is 0 Å². The Bertz CT molecular complexity index is 1540. The number of amidine groups is 1. The predicted molar refractivity (Wildman–Crippen MR) is 141 cm³/mol. The van der Waals surface area contributed by atoms with E-state index in [-0.39, 0.29) is 35.7 Å². The van der Waals surface area contributed by atoms with E-state index in [1.54, 1.807) is 36.4 Å². The molecule has 0 N–H and O–H groups in total. The van der Waals surface area contributed by atoms with Gasteiger partial charge in [-0.15, -0.1) is 4.40 Å². The Kier molecular flexibility index (Phi) is 7.31. The molecule has 10 nitrogen and oxygen atoms in total. The first-order valence-corrected chi connectivity index (χ1v) is 14.2. The van der Waals surface area contributed by atoms with Crippen LogP contribution in [0, 0.1) is 0 Å². The SMILES string of the molecule is COc1ccc(-n2nc(C(F)(F)F)c3c2C(=O)N(c2ccc(/C(=N/S(C)(=O)=O)N4CCOCC4)cc2)CC3)cc1. The van der Waals surface area contributed by atoms with Gasteiger partial charge in [0.15, 0.2) is 5.69 Å². The van der Waals surface area contributed by atoms with Gasteiger partial charge in [0, 0.05) is 36.4 Å². The predicted octanol–water partition coefficient (Wildman–Crippen LogP) is 3.14. The lowest BCUT2D eigenvalue weighted by Gasteiger charge is -2.30. The van der Waals surface area contributed by atoms with Gasteiger partial charge in [-0.05, 0) is 55.0 Å². The lowest BCUT2D eigenvalue weighted by Crippen LogP contribution is -2.41. The molecule has 1 saturated heterocycles. The number of aromatic nitrogens is 2. The van der Waals surface area contributed by atoms with Crippen molar-refractivity contribution in [1.29, 1.82) is 0 Å². The molecule has 1 aromatic heterocycles. The average Bonchev–Trinajstić information content (AvgIpc) is 3.34. The van der Waals surface area contributed by atoms with Crippen molar-refractivity contribution in [3.8, 4) is 11.4 Å². The first-order chi connectivity index (χ1) is 19.0. The Morgan fingerprint density at radius 3 is 2.20 bits per heavy atom. The number of fused-ring (bicyclic) bond motifs is 1. The molecule has 2 aliphatic rings. The van der Waals surface area contributed by atoms with Crippen LogP contribution in [-0.2, 0) is 27.4 Å². The number of ether oxygens (including phenoxy) is 2. The Balaban J connectivity index is 1.51. The molecule has 3 heterocycles. The average molecular weight is 578 g/mol. The highest BCUT2D eigenvalue weighted by molar-refractivity contribution is 7.89. The monoisotopic (exact) mass is 577 g/mol. The largest absolute Gasteiger partial charge is 0.497 e. The van der Waals surface area contributed by atoms with Crippen LogP contribution in [0.25, 0.3) is 5.69 Å². The van der Waals surface area contributed by atoms with E-state index in [0.29, 0.717) is 43.3 Å². The van der Waals surface area contributed by atoms with Crippen molar-refractivity contribution < 1.29 is 35.9 Å². The second-order valence-corrected chi connectivity index (χ2v) is 10.9. The van der Waals surface area contributed by atoms with Gasteiger partial charge in [0.25, 0.3) is 15.9 Å². The third-order valence-electron chi connectivity index (χ3n) is 6.60. The molecule has 212 valence electrons. The molecule has 1 fully saturated rings. The summed E-state index contributed by atoms with van der Waals surface area (Å²) in [5.41, 5.74) is -0.171. The van der Waals surface area contributed by atoms with Gasteiger partial charge in [0.1, 0.15) is 17.3 Å². The van der Waals surface area contributed by atoms with Crippen LogP contribution in [0.2, 0.25) is 0 Å². The van der Waals surface area contributed by atoms with Gasteiger partial charge in [-0.1, -0.05) is 0 Å². The Morgan fingerprint density at radius 2 is 1.62 bits per heavy atom. The van der Waals surface area contributed by atoms with Crippen molar-refractivity contribution in [1.82, 2.24) is 14.7 Å². The molecule has 14 heteroatoms. The first-order valence-electron chi connectivity index (χ1n) is 12.3. The van der Waals surface area contributed by atoms with E-state index in [1.165, 1.54) is 24.1 Å². The van der Waals surface area contributed by atoms with E-state index in [1.807, 2.05) is 4.90 Å². The van der Waals surface area contributed by atoms with Crippen LogP contribution >= 0.6 is 0 Å². The normalized spacial score (nSPS) is 16.7. The van der Waals surface area contributed by atoms with Crippen LogP contribution in [0.4, 0.5) is 18.9 Å². The zero-order valence-electron chi connectivity index (χ0n) is 21.7. The molecule has 0 radical (unpaired) electrons. The minimum absolute atomic E-state index is 0.0102. The Labute approximate surface area is 228 Å². The fourth-order valence-electron chi connectivity index (χ4n) is 4.76. The van der Waals surface area contributed by atoms with E-state index in [2.05, 4.69) is 9.50 Å². The Hall–Kier alpha value is -3.91. The van der Waals surface area contributed by atoms with Crippen molar-refractivity contribution >= 4 is 27.5 Å². The van der Waals surface area contributed by atoms with Gasteiger partial charge >= 0.3 is 6.18 Å². The molecule has 0 spiro atoms. The zero-order valence-corrected chi connectivity index (χ0v) is 22.5. The Morgan fingerprint density at radius 1 is 1.00 bits per heavy atom. The van der Waals surface area contributed by atoms with Crippen LogP contribution in [0.1, 0.15) is 27.3 Å². The van der Waals surface area contributed by atoms with Gasteiger partial charge in [-0.25, -0.2) is 13.1 Å². The molecular weight excluding hydrogens is 551 g/mol. The summed E-state index contributed by atoms with van der Waals surface area (Å²) in [4.78, 5) is 16.9. The van der Waals surface area contributed by atoms with Crippen LogP contribution < -0.4 is 9.64 Å². The highest BCUT2D eigenvalue weighted by Crippen LogP contribution is 2.37. The second-order valence-electron chi connectivity index (χ2n) is 9.28. The van der Waals surface area contributed by atoms with Crippen LogP contribution in [0.15, 0.2) is 52.9 Å². The summed E-state index contributed by atoms with van der Waals surface area (Å²) < 4.78 is 81.1. The molecular formula is C26H26F3N5O5S. The maximum absolute atomic E-state index is 13.9. The minimum Gasteiger partial charge on any atom is -0.497 e. The first kappa shape index (κ1) is 27.6. The molecule has 5 rings (SSSR count). The van der Waals surface area contributed by atoms with Crippen LogP contribution in [0.3, 0.4) is 0 Å². The van der Waals surface area contributed by atoms with Gasteiger partial charge in [-0.2, -0.15) is 18.3 Å². The lowest BCUT2D eigenvalue weighted by atomic mass is 10.0. The minimum atomic E-state index is -4.74. The van der Waals surface area contributed by atoms with Gasteiger partial charge < -0.3 is 19.3 Å². The zero-order chi connectivity index (χ0) is 28.7. The number of halogens is 3. The van der Waals surface area contributed by atoms with Crippen LogP contribution in [-0.4, -0.2) is 81.1 Å². The highest BCUT2D eigenvalue weighted by atomic mass is 32.2. The summed E-state index contributed by atoms with van der Waals surface area (Å²) in [6, 6.07) is 12.7. The van der Waals surface area contributed by atoms with E-state index in [0.717, 1.165) is 10.9 Å². The fourth-order valence-corrected chi connectivity index (χ4v) is 5.29. The maximum Gasteiger partial charge on any atom is 0.435 e. The van der Waals surface area contributed by atoms with Crippen molar-refractivity contribution in [2.75, 3.05) is 51.1 Å². The number of amides is 1. The summed E-state index contributed by atoms with van der Waals surface area (Å²) in [5, 5.41) is 3.81. The van der Waals surface area contributed by atoms with E-state index < -0.39 is 27.8 Å². The molecule has 0 saturated carbocycles. The molecule has 2 aliphatic heterocycles. The fraction of sp³-hybridized carbons (Fsp3) is 0.346. The highest BCUT2D eigenvalue weighted by Gasteiger charge is 2.43. The van der Waals surface area contributed by atoms with E-state index in [9.17, 15) is 26.4 Å². The third kappa shape index (κ3) is 5.54. The number of hydrogen-bond donors (Lipinski definition) is 0. The second kappa shape index (κ2) is 10.6. The topological polar surface area (TPSA) is 106 Å². The number of methoxy groups -OCH3 is 1. The summed E-state index contributed by atoms with van der Waals surface area (Å²) in [6.45, 7) is 1.78. The number of carbonyl (C=O) groups excluding carboxylic acids is 1. The molecule has 1 amide bonds. The van der Waals surface area contributed by atoms with Crippen molar-refractivity contribution in [3.63, 3.8) is 0 Å². The summed E-state index contributed by atoms with van der Waals surface area (Å²) in [5.74, 6) is 0.132. The molecule has 0 atom stereocenters. The van der Waals surface area contributed by atoms with Gasteiger partial charge in [-0.3, -0.25) is 4.79 Å². The number of hydrogen-bond acceptors (Lipinski definition) is 6. The number of morpholine rings is 1. The standard InChI is InChI=1S/C26H26F3N5O5S/c1-38-20-9-7-19(8-10-20)34-22-21(23(30-34)26(27,28)29)11-12-33(25(22)35)18-5-3-17(4-6-18)24(31-40(2,36)37)32-13-15-39-16-14-32/h3-10H,11-16H2,1-2H3/b31-24-. The molecule has 0 aliphatic carbocycles. The van der Waals surface area contributed by atoms with Crippen molar-refractivity contribution in [2.24, 2.45) is 4.40 Å². The number of rotatable bonds is 5.